The average Bonchev–Trinajstić information content (AvgIpc) is 2.28. The number of anilines is 2. The Morgan fingerprint density at radius 1 is 1.44 bits per heavy atom. The summed E-state index contributed by atoms with van der Waals surface area (Å²) in [6, 6.07) is 1.89. The smallest absolute Gasteiger partial charge is 0.413 e. The zero-order chi connectivity index (χ0) is 13.5. The van der Waals surface area contributed by atoms with Gasteiger partial charge in [0.1, 0.15) is 5.82 Å². The fourth-order valence-corrected chi connectivity index (χ4v) is 1.17. The quantitative estimate of drug-likeness (QED) is 0.842. The van der Waals surface area contributed by atoms with Crippen molar-refractivity contribution in [2.24, 2.45) is 0 Å². The fourth-order valence-electron chi connectivity index (χ4n) is 1.17. The lowest BCUT2D eigenvalue weighted by Gasteiger charge is -2.12. The van der Waals surface area contributed by atoms with Crippen molar-refractivity contribution in [3.8, 4) is 0 Å². The molecule has 0 fully saturated rings. The largest absolute Gasteiger partial charge is 0.447 e. The molecule has 0 aromatic carbocycles. The zero-order valence-electron chi connectivity index (χ0n) is 11.2. The number of aromatic nitrogens is 2. The molecule has 0 unspecified atom stereocenters. The number of carbonyl (C=O) groups excluding carboxylic acids is 1. The number of nitrogens with one attached hydrogen (secondary N) is 2. The second kappa shape index (κ2) is 6.78. The Kier molecular flexibility index (Phi) is 5.35. The summed E-state index contributed by atoms with van der Waals surface area (Å²) in [5.41, 5.74) is 0. The monoisotopic (exact) mass is 252 g/mol. The van der Waals surface area contributed by atoms with Gasteiger partial charge in [-0.15, -0.1) is 0 Å². The number of carbonyl (C=O) groups is 1. The summed E-state index contributed by atoms with van der Waals surface area (Å²) in [4.78, 5) is 19.7. The van der Waals surface area contributed by atoms with E-state index in [-0.39, 0.29) is 12.1 Å². The van der Waals surface area contributed by atoms with Crippen LogP contribution in [0, 0.1) is 0 Å². The molecule has 0 saturated carbocycles. The van der Waals surface area contributed by atoms with Crippen LogP contribution in [0.2, 0.25) is 0 Å². The maximum atomic E-state index is 11.4. The van der Waals surface area contributed by atoms with E-state index in [1.807, 2.05) is 6.92 Å². The van der Waals surface area contributed by atoms with Gasteiger partial charge in [-0.2, -0.15) is 4.98 Å². The first kappa shape index (κ1) is 14.2. The second-order valence-electron chi connectivity index (χ2n) is 4.30. The molecule has 0 saturated heterocycles. The lowest BCUT2D eigenvalue weighted by Crippen LogP contribution is -2.20. The van der Waals surface area contributed by atoms with E-state index in [0.717, 1.165) is 6.42 Å². The Morgan fingerprint density at radius 3 is 2.78 bits per heavy atom. The van der Waals surface area contributed by atoms with Crippen LogP contribution >= 0.6 is 0 Å². The van der Waals surface area contributed by atoms with E-state index in [1.165, 1.54) is 0 Å². The Labute approximate surface area is 107 Å². The van der Waals surface area contributed by atoms with Gasteiger partial charge < -0.3 is 10.1 Å². The van der Waals surface area contributed by atoms with E-state index in [2.05, 4.69) is 27.5 Å². The topological polar surface area (TPSA) is 76.1 Å². The van der Waals surface area contributed by atoms with Crippen molar-refractivity contribution in [3.63, 3.8) is 0 Å². The number of nitrogens with zero attached hydrogens (tertiary/aromatic N) is 2. The summed E-state index contributed by atoms with van der Waals surface area (Å²) in [5, 5.41) is 5.68. The molecule has 18 heavy (non-hydrogen) atoms. The van der Waals surface area contributed by atoms with Gasteiger partial charge in [0.15, 0.2) is 0 Å². The number of ether oxygens (including phenoxy) is 1. The Morgan fingerprint density at radius 2 is 2.17 bits per heavy atom. The van der Waals surface area contributed by atoms with Crippen LogP contribution in [0.5, 0.6) is 0 Å². The van der Waals surface area contributed by atoms with E-state index in [1.54, 1.807) is 26.1 Å². The summed E-state index contributed by atoms with van der Waals surface area (Å²) in [7, 11) is 0. The molecule has 1 aromatic rings. The molecule has 2 N–H and O–H groups in total. The molecule has 0 aliphatic heterocycles. The number of amides is 1. The molecule has 6 nitrogen and oxygen atoms in total. The highest BCUT2D eigenvalue weighted by Gasteiger charge is 2.08. The Bertz CT molecular complexity index is 395. The van der Waals surface area contributed by atoms with Crippen LogP contribution in [0.1, 0.15) is 34.1 Å². The zero-order valence-corrected chi connectivity index (χ0v) is 11.2. The van der Waals surface area contributed by atoms with Crippen LogP contribution in [-0.4, -0.2) is 28.2 Å². The summed E-state index contributed by atoms with van der Waals surface area (Å²) in [5.74, 6) is 0.910. The van der Waals surface area contributed by atoms with Crippen LogP contribution < -0.4 is 10.6 Å². The molecule has 0 spiro atoms. The maximum Gasteiger partial charge on any atom is 0.413 e. The van der Waals surface area contributed by atoms with Gasteiger partial charge >= 0.3 is 6.09 Å². The van der Waals surface area contributed by atoms with Crippen molar-refractivity contribution in [2.45, 2.75) is 46.3 Å². The van der Waals surface area contributed by atoms with Crippen molar-refractivity contribution in [1.82, 2.24) is 9.97 Å². The maximum absolute atomic E-state index is 11.4. The summed E-state index contributed by atoms with van der Waals surface area (Å²) in [6.45, 7) is 7.68. The van der Waals surface area contributed by atoms with Gasteiger partial charge in [0.2, 0.25) is 5.95 Å². The number of hydrogen-bond acceptors (Lipinski definition) is 5. The van der Waals surface area contributed by atoms with Crippen molar-refractivity contribution < 1.29 is 9.53 Å². The molecule has 0 aliphatic carbocycles. The van der Waals surface area contributed by atoms with Gasteiger partial charge in [-0.1, -0.05) is 6.92 Å². The molecular formula is C12H20N4O2. The minimum absolute atomic E-state index is 0.162. The first-order valence-corrected chi connectivity index (χ1v) is 6.08. The molecule has 6 heteroatoms. The van der Waals surface area contributed by atoms with Gasteiger partial charge in [0.25, 0.3) is 0 Å². The van der Waals surface area contributed by atoms with Crippen molar-refractivity contribution >= 4 is 17.9 Å². The van der Waals surface area contributed by atoms with Gasteiger partial charge in [0.05, 0.1) is 6.10 Å². The molecule has 100 valence electrons. The number of rotatable bonds is 5. The third-order valence-electron chi connectivity index (χ3n) is 2.22. The van der Waals surface area contributed by atoms with Crippen molar-refractivity contribution in [1.29, 1.82) is 0 Å². The molecule has 1 rings (SSSR count). The molecule has 0 bridgehead atoms. The normalized spacial score (nSPS) is 12.1. The van der Waals surface area contributed by atoms with Gasteiger partial charge in [-0.25, -0.2) is 9.78 Å². The molecule has 1 aromatic heterocycles. The third-order valence-corrected chi connectivity index (χ3v) is 2.22. The van der Waals surface area contributed by atoms with Crippen molar-refractivity contribution in [2.75, 3.05) is 10.6 Å². The lowest BCUT2D eigenvalue weighted by atomic mass is 10.3. The highest BCUT2D eigenvalue weighted by atomic mass is 16.6. The minimum Gasteiger partial charge on any atom is -0.447 e. The molecule has 1 heterocycles. The summed E-state index contributed by atoms with van der Waals surface area (Å²) >= 11 is 0. The Hall–Kier alpha value is -1.85. The van der Waals surface area contributed by atoms with Crippen LogP contribution in [0.25, 0.3) is 0 Å². The fraction of sp³-hybridized carbons (Fsp3) is 0.583. The summed E-state index contributed by atoms with van der Waals surface area (Å²) in [6.07, 6.45) is 1.88. The average molecular weight is 252 g/mol. The standard InChI is InChI=1S/C12H20N4O2/c1-5-9(4)14-11-13-7-6-10(15-11)16-12(17)18-8(2)3/h6-9H,5H2,1-4H3,(H2,13,14,15,16,17)/t9-/m0/s1. The third kappa shape index (κ3) is 4.99. The highest BCUT2D eigenvalue weighted by molar-refractivity contribution is 5.83. The summed E-state index contributed by atoms with van der Waals surface area (Å²) < 4.78 is 4.97. The Balaban J connectivity index is 2.61. The van der Waals surface area contributed by atoms with Gasteiger partial charge in [0, 0.05) is 12.2 Å². The molecule has 0 radical (unpaired) electrons. The first-order chi connectivity index (χ1) is 8.51. The second-order valence-corrected chi connectivity index (χ2v) is 4.30. The lowest BCUT2D eigenvalue weighted by molar-refractivity contribution is 0.130. The van der Waals surface area contributed by atoms with Crippen LogP contribution in [0.15, 0.2) is 12.3 Å². The predicted octanol–water partition coefficient (Wildman–Crippen LogP) is 2.64. The van der Waals surface area contributed by atoms with Gasteiger partial charge in [-0.05, 0) is 33.3 Å². The number of hydrogen-bond donors (Lipinski definition) is 2. The minimum atomic E-state index is -0.516. The van der Waals surface area contributed by atoms with E-state index in [0.29, 0.717) is 11.8 Å². The molecule has 1 atom stereocenters. The van der Waals surface area contributed by atoms with Crippen LogP contribution in [0.3, 0.4) is 0 Å². The predicted molar refractivity (Wildman–Crippen MR) is 70.6 cm³/mol. The van der Waals surface area contributed by atoms with E-state index < -0.39 is 6.09 Å². The van der Waals surface area contributed by atoms with Crippen LogP contribution in [0.4, 0.5) is 16.6 Å². The van der Waals surface area contributed by atoms with Gasteiger partial charge in [-0.3, -0.25) is 5.32 Å². The van der Waals surface area contributed by atoms with Crippen LogP contribution in [-0.2, 0) is 4.74 Å². The first-order valence-electron chi connectivity index (χ1n) is 6.08. The van der Waals surface area contributed by atoms with E-state index >= 15 is 0 Å². The SMILES string of the molecule is CC[C@H](C)Nc1nccc(NC(=O)OC(C)C)n1. The molecule has 0 aliphatic rings. The van der Waals surface area contributed by atoms with Crippen molar-refractivity contribution in [3.05, 3.63) is 12.3 Å². The molecular weight excluding hydrogens is 232 g/mol. The highest BCUT2D eigenvalue weighted by Crippen LogP contribution is 2.08. The molecule has 1 amide bonds. The van der Waals surface area contributed by atoms with E-state index in [4.69, 9.17) is 4.74 Å². The van der Waals surface area contributed by atoms with E-state index in [9.17, 15) is 4.79 Å².